The number of piperazine rings is 1. The maximum Gasteiger partial charge on any atom is 0.339 e. The van der Waals surface area contributed by atoms with Gasteiger partial charge in [-0.1, -0.05) is 30.3 Å². The number of anilines is 1. The van der Waals surface area contributed by atoms with Gasteiger partial charge in [0.1, 0.15) is 11.9 Å². The smallest absolute Gasteiger partial charge is 0.339 e. The number of para-hydroxylation sites is 2. The Morgan fingerprint density at radius 3 is 2.54 bits per heavy atom. The predicted molar refractivity (Wildman–Crippen MR) is 113 cm³/mol. The van der Waals surface area contributed by atoms with Gasteiger partial charge < -0.3 is 14.4 Å². The summed E-state index contributed by atoms with van der Waals surface area (Å²) in [6.45, 7) is 5.12. The number of fused-ring (bicyclic) bond motifs is 1. The van der Waals surface area contributed by atoms with Gasteiger partial charge in [0.05, 0.1) is 18.4 Å². The number of hydrogen-bond donors (Lipinski definition) is 0. The van der Waals surface area contributed by atoms with Crippen molar-refractivity contribution in [1.82, 2.24) is 4.90 Å². The van der Waals surface area contributed by atoms with E-state index in [0.29, 0.717) is 0 Å². The van der Waals surface area contributed by atoms with Gasteiger partial charge in [0.2, 0.25) is 0 Å². The Morgan fingerprint density at radius 2 is 1.75 bits per heavy atom. The minimum absolute atomic E-state index is 0. The Bertz CT molecular complexity index is 806. The first kappa shape index (κ1) is 20.5. The van der Waals surface area contributed by atoms with E-state index in [0.717, 1.165) is 62.4 Å². The van der Waals surface area contributed by atoms with Crippen molar-refractivity contribution in [2.75, 3.05) is 44.7 Å². The Kier molecular flexibility index (Phi) is 6.81. The van der Waals surface area contributed by atoms with Gasteiger partial charge in [-0.15, -0.1) is 12.4 Å². The maximum absolute atomic E-state index is 11.9. The normalized spacial score (nSPS) is 19.0. The van der Waals surface area contributed by atoms with Crippen molar-refractivity contribution in [2.24, 2.45) is 0 Å². The van der Waals surface area contributed by atoms with Crippen molar-refractivity contribution >= 4 is 24.1 Å². The van der Waals surface area contributed by atoms with Crippen LogP contribution in [0.4, 0.5) is 5.69 Å². The third-order valence-electron chi connectivity index (χ3n) is 5.52. The SMILES string of the molecule is COc1ccccc1N1CCN(CCCC2OC(=O)c3ccccc32)CC1.Cl. The van der Waals surface area contributed by atoms with Crippen molar-refractivity contribution in [1.29, 1.82) is 0 Å². The van der Waals surface area contributed by atoms with Gasteiger partial charge in [0.25, 0.3) is 0 Å². The summed E-state index contributed by atoms with van der Waals surface area (Å²) in [7, 11) is 1.73. The molecular weight excluding hydrogens is 376 g/mol. The number of halogens is 1. The van der Waals surface area contributed by atoms with Crippen molar-refractivity contribution in [3.8, 4) is 5.75 Å². The number of ether oxygens (including phenoxy) is 2. The van der Waals surface area contributed by atoms with Crippen LogP contribution in [-0.4, -0.2) is 50.7 Å². The topological polar surface area (TPSA) is 42.0 Å². The number of methoxy groups -OCH3 is 1. The fourth-order valence-corrected chi connectivity index (χ4v) is 4.04. The zero-order valence-electron chi connectivity index (χ0n) is 16.2. The molecule has 0 aliphatic carbocycles. The molecule has 1 atom stereocenters. The fourth-order valence-electron chi connectivity index (χ4n) is 4.04. The van der Waals surface area contributed by atoms with E-state index in [1.807, 2.05) is 36.4 Å². The molecule has 0 N–H and O–H groups in total. The van der Waals surface area contributed by atoms with Crippen LogP contribution in [0.2, 0.25) is 0 Å². The quantitative estimate of drug-likeness (QED) is 0.685. The van der Waals surface area contributed by atoms with Gasteiger partial charge >= 0.3 is 5.97 Å². The van der Waals surface area contributed by atoms with Crippen LogP contribution in [0.15, 0.2) is 48.5 Å². The molecule has 150 valence electrons. The van der Waals surface area contributed by atoms with E-state index in [-0.39, 0.29) is 24.5 Å². The van der Waals surface area contributed by atoms with E-state index in [9.17, 15) is 4.79 Å². The molecule has 0 amide bonds. The molecule has 28 heavy (non-hydrogen) atoms. The summed E-state index contributed by atoms with van der Waals surface area (Å²) in [5, 5.41) is 0. The van der Waals surface area contributed by atoms with Crippen LogP contribution in [0.5, 0.6) is 5.75 Å². The molecule has 0 bridgehead atoms. The zero-order valence-corrected chi connectivity index (χ0v) is 17.0. The van der Waals surface area contributed by atoms with E-state index in [1.54, 1.807) is 7.11 Å². The van der Waals surface area contributed by atoms with Crippen molar-refractivity contribution in [3.05, 3.63) is 59.7 Å². The number of benzene rings is 2. The lowest BCUT2D eigenvalue weighted by Gasteiger charge is -2.36. The lowest BCUT2D eigenvalue weighted by molar-refractivity contribution is 0.0358. The van der Waals surface area contributed by atoms with Crippen LogP contribution in [0.25, 0.3) is 0 Å². The van der Waals surface area contributed by atoms with Gasteiger partial charge in [0, 0.05) is 31.7 Å². The van der Waals surface area contributed by atoms with Crippen LogP contribution in [0, 0.1) is 0 Å². The first-order valence-electron chi connectivity index (χ1n) is 9.66. The van der Waals surface area contributed by atoms with Gasteiger partial charge in [-0.3, -0.25) is 4.90 Å². The molecule has 2 heterocycles. The van der Waals surface area contributed by atoms with Gasteiger partial charge in [-0.05, 0) is 37.6 Å². The molecule has 4 rings (SSSR count). The van der Waals surface area contributed by atoms with E-state index < -0.39 is 0 Å². The predicted octanol–water partition coefficient (Wildman–Crippen LogP) is 3.93. The summed E-state index contributed by atoms with van der Waals surface area (Å²) in [4.78, 5) is 16.8. The van der Waals surface area contributed by atoms with E-state index >= 15 is 0 Å². The Morgan fingerprint density at radius 1 is 1.04 bits per heavy atom. The van der Waals surface area contributed by atoms with E-state index in [4.69, 9.17) is 9.47 Å². The molecule has 2 aliphatic rings. The second-order valence-electron chi connectivity index (χ2n) is 7.12. The molecule has 2 aliphatic heterocycles. The number of esters is 1. The van der Waals surface area contributed by atoms with E-state index in [2.05, 4.69) is 21.9 Å². The molecular formula is C22H27ClN2O3. The Labute approximate surface area is 172 Å². The van der Waals surface area contributed by atoms with Crippen LogP contribution >= 0.6 is 12.4 Å². The van der Waals surface area contributed by atoms with Crippen LogP contribution in [-0.2, 0) is 4.74 Å². The first-order valence-corrected chi connectivity index (χ1v) is 9.66. The number of nitrogens with zero attached hydrogens (tertiary/aromatic N) is 2. The number of rotatable bonds is 6. The van der Waals surface area contributed by atoms with Gasteiger partial charge in [0.15, 0.2) is 0 Å². The highest BCUT2D eigenvalue weighted by Crippen LogP contribution is 2.33. The number of carbonyl (C=O) groups is 1. The maximum atomic E-state index is 11.9. The lowest BCUT2D eigenvalue weighted by atomic mass is 10.0. The monoisotopic (exact) mass is 402 g/mol. The highest BCUT2D eigenvalue weighted by molar-refractivity contribution is 5.93. The molecule has 2 aromatic rings. The molecule has 0 aromatic heterocycles. The number of cyclic esters (lactones) is 1. The summed E-state index contributed by atoms with van der Waals surface area (Å²) in [6.07, 6.45) is 1.83. The number of carbonyl (C=O) groups excluding carboxylic acids is 1. The summed E-state index contributed by atoms with van der Waals surface area (Å²) in [5.74, 6) is 0.758. The number of hydrogen-bond acceptors (Lipinski definition) is 5. The third kappa shape index (κ3) is 4.26. The standard InChI is InChI=1S/C22H26N2O3.ClH/c1-26-21-10-5-4-9-19(21)24-15-13-23(14-16-24)12-6-11-20-17-7-2-3-8-18(17)22(25)27-20;/h2-5,7-10,20H,6,11-16H2,1H3;1H. The average molecular weight is 403 g/mol. The largest absolute Gasteiger partial charge is 0.495 e. The molecule has 2 aromatic carbocycles. The molecule has 1 saturated heterocycles. The Balaban J connectivity index is 0.00000225. The summed E-state index contributed by atoms with van der Waals surface area (Å²) in [5.41, 5.74) is 2.95. The first-order chi connectivity index (χ1) is 13.3. The van der Waals surface area contributed by atoms with E-state index in [1.165, 1.54) is 5.69 Å². The molecule has 5 nitrogen and oxygen atoms in total. The van der Waals surface area contributed by atoms with Crippen molar-refractivity contribution in [2.45, 2.75) is 18.9 Å². The van der Waals surface area contributed by atoms with Gasteiger partial charge in [-0.25, -0.2) is 4.79 Å². The minimum atomic E-state index is -0.180. The minimum Gasteiger partial charge on any atom is -0.495 e. The molecule has 0 spiro atoms. The summed E-state index contributed by atoms with van der Waals surface area (Å²) >= 11 is 0. The second kappa shape index (κ2) is 9.30. The van der Waals surface area contributed by atoms with Crippen LogP contribution in [0.1, 0.15) is 34.9 Å². The molecule has 0 saturated carbocycles. The molecule has 1 unspecified atom stereocenters. The molecule has 6 heteroatoms. The highest BCUT2D eigenvalue weighted by atomic mass is 35.5. The third-order valence-corrected chi connectivity index (χ3v) is 5.52. The van der Waals surface area contributed by atoms with Crippen LogP contribution in [0.3, 0.4) is 0 Å². The highest BCUT2D eigenvalue weighted by Gasteiger charge is 2.30. The summed E-state index contributed by atoms with van der Waals surface area (Å²) in [6, 6.07) is 15.9. The van der Waals surface area contributed by atoms with Crippen molar-refractivity contribution < 1.29 is 14.3 Å². The van der Waals surface area contributed by atoms with Gasteiger partial charge in [-0.2, -0.15) is 0 Å². The average Bonchev–Trinajstić information content (AvgIpc) is 3.04. The summed E-state index contributed by atoms with van der Waals surface area (Å²) < 4.78 is 11.0. The molecule has 1 fully saturated rings. The molecule has 0 radical (unpaired) electrons. The fraction of sp³-hybridized carbons (Fsp3) is 0.409. The Hall–Kier alpha value is -2.24. The lowest BCUT2D eigenvalue weighted by Crippen LogP contribution is -2.46. The van der Waals surface area contributed by atoms with Crippen molar-refractivity contribution in [3.63, 3.8) is 0 Å². The zero-order chi connectivity index (χ0) is 18.6. The van der Waals surface area contributed by atoms with Crippen LogP contribution < -0.4 is 9.64 Å². The second-order valence-corrected chi connectivity index (χ2v) is 7.12.